The summed E-state index contributed by atoms with van der Waals surface area (Å²) < 4.78 is 43.0. The predicted molar refractivity (Wildman–Crippen MR) is 59.2 cm³/mol. The van der Waals surface area contributed by atoms with E-state index in [-0.39, 0.29) is 17.8 Å². The van der Waals surface area contributed by atoms with Gasteiger partial charge in [0.1, 0.15) is 5.82 Å². The Morgan fingerprint density at radius 2 is 2.00 bits per heavy atom. The molecular weight excluding hydrogens is 233 g/mol. The van der Waals surface area contributed by atoms with Crippen molar-refractivity contribution in [3.63, 3.8) is 0 Å². The van der Waals surface area contributed by atoms with Gasteiger partial charge in [-0.15, -0.1) is 0 Å². The van der Waals surface area contributed by atoms with E-state index in [0.717, 1.165) is 12.1 Å². The van der Waals surface area contributed by atoms with E-state index in [1.54, 1.807) is 20.8 Å². The lowest BCUT2D eigenvalue weighted by atomic mass is 10.2. The monoisotopic (exact) mass is 248 g/mol. The molecule has 0 aliphatic heterocycles. The third kappa shape index (κ3) is 4.13. The molecule has 0 aliphatic carbocycles. The number of nitrogens with zero attached hydrogens (tertiary/aromatic N) is 1. The fraction of sp³-hybridized carbons (Fsp3) is 0.545. The van der Waals surface area contributed by atoms with Gasteiger partial charge >= 0.3 is 6.18 Å². The topological polar surface area (TPSA) is 34.1 Å². The second-order valence-electron chi connectivity index (χ2n) is 3.77. The zero-order chi connectivity index (χ0) is 13.1. The maximum atomic E-state index is 12.6. The molecule has 3 nitrogen and oxygen atoms in total. The molecule has 0 atom stereocenters. The predicted octanol–water partition coefficient (Wildman–Crippen LogP) is 3.32. The van der Waals surface area contributed by atoms with Crippen molar-refractivity contribution in [1.29, 1.82) is 0 Å². The Morgan fingerprint density at radius 3 is 2.47 bits per heavy atom. The summed E-state index contributed by atoms with van der Waals surface area (Å²) in [6.07, 6.45) is -4.62. The number of nitrogens with one attached hydrogen (secondary N) is 1. The smallest absolute Gasteiger partial charge is 0.416 e. The number of hydrogen-bond donors (Lipinski definition) is 1. The summed E-state index contributed by atoms with van der Waals surface area (Å²) >= 11 is 0. The number of aromatic nitrogens is 1. The molecule has 0 saturated heterocycles. The standard InChI is InChI=1S/C11H15F3N2O/c1-4-15-9-5-8(11(12,13)14)6-10(16-9)17-7(2)3/h5-7H,4H2,1-3H3,(H,15,16). The molecule has 0 unspecified atom stereocenters. The largest absolute Gasteiger partial charge is 0.475 e. The van der Waals surface area contributed by atoms with Crippen molar-refractivity contribution in [3.8, 4) is 5.88 Å². The van der Waals surface area contributed by atoms with E-state index in [9.17, 15) is 13.2 Å². The van der Waals surface area contributed by atoms with Crippen molar-refractivity contribution in [3.05, 3.63) is 17.7 Å². The van der Waals surface area contributed by atoms with E-state index < -0.39 is 11.7 Å². The Bertz CT molecular complexity index is 377. The van der Waals surface area contributed by atoms with Crippen molar-refractivity contribution in [2.45, 2.75) is 33.1 Å². The molecule has 1 rings (SSSR count). The Kier molecular flexibility index (Phi) is 4.20. The zero-order valence-corrected chi connectivity index (χ0v) is 9.93. The highest BCUT2D eigenvalue weighted by atomic mass is 19.4. The number of rotatable bonds is 4. The van der Waals surface area contributed by atoms with E-state index in [1.807, 2.05) is 0 Å². The highest BCUT2D eigenvalue weighted by Crippen LogP contribution is 2.32. The Hall–Kier alpha value is -1.46. The summed E-state index contributed by atoms with van der Waals surface area (Å²) in [4.78, 5) is 3.94. The van der Waals surface area contributed by atoms with Gasteiger partial charge in [-0.25, -0.2) is 0 Å². The van der Waals surface area contributed by atoms with Crippen LogP contribution in [0.25, 0.3) is 0 Å². The summed E-state index contributed by atoms with van der Waals surface area (Å²) in [7, 11) is 0. The van der Waals surface area contributed by atoms with Crippen molar-refractivity contribution >= 4 is 5.82 Å². The third-order valence-electron chi connectivity index (χ3n) is 1.84. The molecule has 0 bridgehead atoms. The molecule has 1 aromatic rings. The van der Waals surface area contributed by atoms with Crippen LogP contribution in [0.5, 0.6) is 5.88 Å². The molecule has 1 aromatic heterocycles. The van der Waals surface area contributed by atoms with Gasteiger partial charge in [-0.05, 0) is 26.8 Å². The molecule has 1 N–H and O–H groups in total. The molecule has 0 saturated carbocycles. The Balaban J connectivity index is 3.09. The third-order valence-corrected chi connectivity index (χ3v) is 1.84. The first kappa shape index (κ1) is 13.6. The van der Waals surface area contributed by atoms with Crippen molar-refractivity contribution in [2.24, 2.45) is 0 Å². The Labute approximate surface area is 98.0 Å². The van der Waals surface area contributed by atoms with Gasteiger partial charge in [0, 0.05) is 12.6 Å². The van der Waals surface area contributed by atoms with Crippen molar-refractivity contribution in [2.75, 3.05) is 11.9 Å². The van der Waals surface area contributed by atoms with E-state index in [4.69, 9.17) is 4.74 Å². The molecule has 0 aliphatic rings. The van der Waals surface area contributed by atoms with Gasteiger partial charge < -0.3 is 10.1 Å². The fourth-order valence-electron chi connectivity index (χ4n) is 1.24. The highest BCUT2D eigenvalue weighted by Gasteiger charge is 2.32. The van der Waals surface area contributed by atoms with Crippen LogP contribution < -0.4 is 10.1 Å². The van der Waals surface area contributed by atoms with Crippen LogP contribution in [0.15, 0.2) is 12.1 Å². The van der Waals surface area contributed by atoms with Crippen molar-refractivity contribution in [1.82, 2.24) is 4.98 Å². The van der Waals surface area contributed by atoms with Crippen LogP contribution in [0, 0.1) is 0 Å². The van der Waals surface area contributed by atoms with Crippen molar-refractivity contribution < 1.29 is 17.9 Å². The normalized spacial score (nSPS) is 11.7. The van der Waals surface area contributed by atoms with Crippen LogP contribution in [0.2, 0.25) is 0 Å². The zero-order valence-electron chi connectivity index (χ0n) is 9.93. The van der Waals surface area contributed by atoms with Crippen LogP contribution in [0.3, 0.4) is 0 Å². The number of alkyl halides is 3. The number of hydrogen-bond acceptors (Lipinski definition) is 3. The molecule has 96 valence electrons. The SMILES string of the molecule is CCNc1cc(C(F)(F)F)cc(OC(C)C)n1. The maximum absolute atomic E-state index is 12.6. The molecule has 0 fully saturated rings. The van der Waals surface area contributed by atoms with Crippen LogP contribution >= 0.6 is 0 Å². The molecule has 0 spiro atoms. The lowest BCUT2D eigenvalue weighted by molar-refractivity contribution is -0.137. The molecular formula is C11H15F3N2O. The average molecular weight is 248 g/mol. The number of anilines is 1. The van der Waals surface area contributed by atoms with E-state index >= 15 is 0 Å². The highest BCUT2D eigenvalue weighted by molar-refractivity contribution is 5.42. The van der Waals surface area contributed by atoms with Crippen LogP contribution in [-0.4, -0.2) is 17.6 Å². The van der Waals surface area contributed by atoms with Gasteiger partial charge in [-0.1, -0.05) is 0 Å². The Morgan fingerprint density at radius 1 is 1.35 bits per heavy atom. The van der Waals surface area contributed by atoms with Gasteiger partial charge in [-0.3, -0.25) is 0 Å². The molecule has 1 heterocycles. The fourth-order valence-corrected chi connectivity index (χ4v) is 1.24. The molecule has 0 radical (unpaired) electrons. The van der Waals surface area contributed by atoms with Gasteiger partial charge in [0.25, 0.3) is 0 Å². The second-order valence-corrected chi connectivity index (χ2v) is 3.77. The van der Waals surface area contributed by atoms with E-state index in [1.165, 1.54) is 0 Å². The van der Waals surface area contributed by atoms with Gasteiger partial charge in [0.2, 0.25) is 5.88 Å². The minimum absolute atomic E-state index is 0.0224. The van der Waals surface area contributed by atoms with Gasteiger partial charge in [-0.2, -0.15) is 18.2 Å². The van der Waals surface area contributed by atoms with Gasteiger partial charge in [0.15, 0.2) is 0 Å². The van der Waals surface area contributed by atoms with Crippen LogP contribution in [0.1, 0.15) is 26.3 Å². The summed E-state index contributed by atoms with van der Waals surface area (Å²) in [5, 5.41) is 2.74. The van der Waals surface area contributed by atoms with E-state index in [0.29, 0.717) is 6.54 Å². The lowest BCUT2D eigenvalue weighted by Crippen LogP contribution is -2.12. The van der Waals surface area contributed by atoms with E-state index in [2.05, 4.69) is 10.3 Å². The summed E-state index contributed by atoms with van der Waals surface area (Å²) in [6.45, 7) is 5.74. The maximum Gasteiger partial charge on any atom is 0.416 e. The first-order valence-corrected chi connectivity index (χ1v) is 5.32. The minimum atomic E-state index is -4.40. The number of ether oxygens (including phenoxy) is 1. The molecule has 17 heavy (non-hydrogen) atoms. The summed E-state index contributed by atoms with van der Waals surface area (Å²) in [5.74, 6) is 0.142. The van der Waals surface area contributed by atoms with Gasteiger partial charge in [0.05, 0.1) is 11.7 Å². The molecule has 0 aromatic carbocycles. The molecule has 0 amide bonds. The number of halogens is 3. The molecule has 6 heteroatoms. The summed E-state index contributed by atoms with van der Waals surface area (Å²) in [6, 6.07) is 1.87. The lowest BCUT2D eigenvalue weighted by Gasteiger charge is -2.14. The number of pyridine rings is 1. The van der Waals surface area contributed by atoms with Crippen LogP contribution in [0.4, 0.5) is 19.0 Å². The summed E-state index contributed by atoms with van der Waals surface area (Å²) in [5.41, 5.74) is -0.765. The quantitative estimate of drug-likeness (QED) is 0.887. The first-order chi connectivity index (χ1) is 7.82. The average Bonchev–Trinajstić information content (AvgIpc) is 2.15. The second kappa shape index (κ2) is 5.25. The van der Waals surface area contributed by atoms with Crippen LogP contribution in [-0.2, 0) is 6.18 Å². The minimum Gasteiger partial charge on any atom is -0.475 e. The first-order valence-electron chi connectivity index (χ1n) is 5.32.